The van der Waals surface area contributed by atoms with Crippen LogP contribution in [0.3, 0.4) is 0 Å². The van der Waals surface area contributed by atoms with Crippen LogP contribution in [0.4, 0.5) is 17.2 Å². The molecule has 4 rings (SSSR count). The summed E-state index contributed by atoms with van der Waals surface area (Å²) in [7, 11) is 0. The Balaban J connectivity index is 1.65. The van der Waals surface area contributed by atoms with Gasteiger partial charge >= 0.3 is 0 Å². The number of nitrogens with one attached hydrogen (secondary N) is 2. The molecule has 4 aromatic rings. The van der Waals surface area contributed by atoms with E-state index in [1.165, 1.54) is 24.3 Å². The number of benzene rings is 2. The molecule has 8 heteroatoms. The molecule has 0 saturated carbocycles. The number of carbonyl (C=O) groups is 1. The van der Waals surface area contributed by atoms with Crippen molar-refractivity contribution in [3.8, 4) is 0 Å². The molecule has 0 spiro atoms. The van der Waals surface area contributed by atoms with Gasteiger partial charge in [-0.15, -0.1) is 0 Å². The number of rotatable bonds is 5. The summed E-state index contributed by atoms with van der Waals surface area (Å²) in [5.41, 5.74) is 3.06. The van der Waals surface area contributed by atoms with Crippen molar-refractivity contribution in [3.63, 3.8) is 0 Å². The molecule has 2 aromatic carbocycles. The highest BCUT2D eigenvalue weighted by Crippen LogP contribution is 2.33. The molecule has 1 amide bonds. The van der Waals surface area contributed by atoms with Crippen LogP contribution in [0.1, 0.15) is 35.7 Å². The van der Waals surface area contributed by atoms with Crippen molar-refractivity contribution in [1.82, 2.24) is 15.1 Å². The Morgan fingerprint density at radius 3 is 2.45 bits per heavy atom. The van der Waals surface area contributed by atoms with E-state index in [4.69, 9.17) is 16.1 Å². The average molecular weight is 408 g/mol. The average Bonchev–Trinajstić information content (AvgIpc) is 3.11. The summed E-state index contributed by atoms with van der Waals surface area (Å²) in [6.07, 6.45) is 4.37. The number of anilines is 3. The first kappa shape index (κ1) is 18.9. The van der Waals surface area contributed by atoms with Gasteiger partial charge in [-0.05, 0) is 35.7 Å². The molecule has 146 valence electrons. The van der Waals surface area contributed by atoms with Crippen molar-refractivity contribution in [2.45, 2.75) is 19.8 Å². The lowest BCUT2D eigenvalue weighted by molar-refractivity contribution is 0.102. The lowest BCUT2D eigenvalue weighted by atomic mass is 10.0. The fourth-order valence-corrected chi connectivity index (χ4v) is 3.16. The Morgan fingerprint density at radius 1 is 1.03 bits per heavy atom. The second kappa shape index (κ2) is 7.89. The highest BCUT2D eigenvalue weighted by Gasteiger charge is 2.21. The number of aromatic nitrogens is 3. The first-order valence-electron chi connectivity index (χ1n) is 9.04. The molecule has 2 aromatic heterocycles. The van der Waals surface area contributed by atoms with Crippen molar-refractivity contribution in [3.05, 3.63) is 71.3 Å². The van der Waals surface area contributed by atoms with Crippen molar-refractivity contribution < 1.29 is 9.32 Å². The maximum Gasteiger partial charge on any atom is 0.261 e. The first-order chi connectivity index (χ1) is 14.0. The molecule has 0 fully saturated rings. The molecule has 0 aliphatic rings. The van der Waals surface area contributed by atoms with Gasteiger partial charge in [0.1, 0.15) is 11.9 Å². The number of nitrogens with zero attached hydrogens (tertiary/aromatic N) is 3. The van der Waals surface area contributed by atoms with E-state index in [9.17, 15) is 4.79 Å². The Hall–Kier alpha value is -3.45. The van der Waals surface area contributed by atoms with Gasteiger partial charge in [0.05, 0.1) is 28.5 Å². The number of carbonyl (C=O) groups excluding carboxylic acids is 1. The van der Waals surface area contributed by atoms with Gasteiger partial charge in [0.2, 0.25) is 0 Å². The molecule has 2 N–H and O–H groups in total. The number of hydrogen-bond donors (Lipinski definition) is 2. The van der Waals surface area contributed by atoms with Crippen molar-refractivity contribution in [1.29, 1.82) is 0 Å². The predicted octanol–water partition coefficient (Wildman–Crippen LogP) is 5.39. The van der Waals surface area contributed by atoms with Crippen molar-refractivity contribution in [2.24, 2.45) is 0 Å². The Kier molecular flexibility index (Phi) is 5.14. The Morgan fingerprint density at radius 2 is 1.76 bits per heavy atom. The van der Waals surface area contributed by atoms with E-state index in [2.05, 4.69) is 51.7 Å². The summed E-state index contributed by atoms with van der Waals surface area (Å²) in [6.45, 7) is 4.29. The van der Waals surface area contributed by atoms with E-state index >= 15 is 0 Å². The molecule has 7 nitrogen and oxygen atoms in total. The molecule has 0 saturated heterocycles. The fraction of sp³-hybridized carbons (Fsp3) is 0.143. The van der Waals surface area contributed by atoms with Crippen LogP contribution < -0.4 is 10.6 Å². The number of amides is 1. The predicted molar refractivity (Wildman–Crippen MR) is 113 cm³/mol. The fourth-order valence-electron chi connectivity index (χ4n) is 2.93. The second-order valence-electron chi connectivity index (χ2n) is 6.81. The maximum absolute atomic E-state index is 12.8. The molecule has 0 bridgehead atoms. The molecular weight excluding hydrogens is 390 g/mol. The van der Waals surface area contributed by atoms with Crippen molar-refractivity contribution >= 4 is 45.7 Å². The van der Waals surface area contributed by atoms with Crippen LogP contribution >= 0.6 is 11.6 Å². The third-order valence-electron chi connectivity index (χ3n) is 4.48. The highest BCUT2D eigenvalue weighted by molar-refractivity contribution is 6.36. The lowest BCUT2D eigenvalue weighted by Crippen LogP contribution is -2.13. The Bertz CT molecular complexity index is 1160. The molecule has 0 aliphatic carbocycles. The van der Waals surface area contributed by atoms with Crippen LogP contribution in [0, 0.1) is 0 Å². The minimum Gasteiger partial charge on any atom is -0.353 e. The summed E-state index contributed by atoms with van der Waals surface area (Å²) >= 11 is 6.28. The lowest BCUT2D eigenvalue weighted by Gasteiger charge is -2.08. The van der Waals surface area contributed by atoms with Crippen LogP contribution in [0.15, 0.2) is 59.6 Å². The van der Waals surface area contributed by atoms with E-state index in [1.807, 2.05) is 12.1 Å². The van der Waals surface area contributed by atoms with Gasteiger partial charge in [-0.1, -0.05) is 42.7 Å². The smallest absolute Gasteiger partial charge is 0.261 e. The maximum atomic E-state index is 12.8. The van der Waals surface area contributed by atoms with Crippen LogP contribution in [0.25, 0.3) is 11.0 Å². The van der Waals surface area contributed by atoms with Gasteiger partial charge in [-0.2, -0.15) is 0 Å². The molecule has 0 unspecified atom stereocenters. The molecule has 0 aliphatic heterocycles. The molecule has 0 radical (unpaired) electrons. The number of fused-ring (bicyclic) bond motifs is 1. The van der Waals surface area contributed by atoms with Gasteiger partial charge in [0, 0.05) is 5.69 Å². The zero-order valence-electron chi connectivity index (χ0n) is 15.8. The second-order valence-corrected chi connectivity index (χ2v) is 7.22. The number of halogens is 1. The zero-order valence-corrected chi connectivity index (χ0v) is 16.6. The van der Waals surface area contributed by atoms with Gasteiger partial charge in [0.25, 0.3) is 5.91 Å². The van der Waals surface area contributed by atoms with Gasteiger partial charge in [0.15, 0.2) is 11.4 Å². The molecule has 0 atom stereocenters. The molecular formula is C21H18ClN5O2. The molecule has 2 heterocycles. The van der Waals surface area contributed by atoms with Gasteiger partial charge < -0.3 is 15.2 Å². The minimum atomic E-state index is -0.431. The summed E-state index contributed by atoms with van der Waals surface area (Å²) in [5.74, 6) is 0.528. The van der Waals surface area contributed by atoms with E-state index in [0.717, 1.165) is 5.69 Å². The van der Waals surface area contributed by atoms with Crippen LogP contribution in [-0.4, -0.2) is 21.0 Å². The summed E-state index contributed by atoms with van der Waals surface area (Å²) in [6, 6.07) is 11.5. The highest BCUT2D eigenvalue weighted by atomic mass is 35.5. The van der Waals surface area contributed by atoms with E-state index < -0.39 is 5.91 Å². The normalized spacial score (nSPS) is 11.0. The minimum absolute atomic E-state index is 0.198. The van der Waals surface area contributed by atoms with Gasteiger partial charge in [-0.25, -0.2) is 9.97 Å². The van der Waals surface area contributed by atoms with E-state index in [1.54, 1.807) is 12.1 Å². The monoisotopic (exact) mass is 407 g/mol. The van der Waals surface area contributed by atoms with Crippen LogP contribution in [0.5, 0.6) is 0 Å². The number of hydrogen-bond acceptors (Lipinski definition) is 6. The third kappa shape index (κ3) is 3.90. The first-order valence-corrected chi connectivity index (χ1v) is 9.42. The van der Waals surface area contributed by atoms with E-state index in [-0.39, 0.29) is 10.6 Å². The summed E-state index contributed by atoms with van der Waals surface area (Å²) in [4.78, 5) is 20.5. The standard InChI is InChI=1S/C21H18ClN5O2/c1-12(2)13-3-5-14(6-4-13)25-20-16-7-8-17(22)18(19(16)29-27-20)21(28)26-15-9-23-11-24-10-15/h3-12H,1-2H3,(H,25,27)(H,26,28). The zero-order chi connectivity index (χ0) is 20.4. The quantitative estimate of drug-likeness (QED) is 0.460. The van der Waals surface area contributed by atoms with Crippen LogP contribution in [-0.2, 0) is 0 Å². The molecule has 29 heavy (non-hydrogen) atoms. The largest absolute Gasteiger partial charge is 0.353 e. The van der Waals surface area contributed by atoms with Crippen molar-refractivity contribution in [2.75, 3.05) is 10.6 Å². The SMILES string of the molecule is CC(C)c1ccc(Nc2noc3c(C(=O)Nc4cncnc4)c(Cl)ccc23)cc1. The summed E-state index contributed by atoms with van der Waals surface area (Å²) in [5, 5.41) is 10.9. The van der Waals surface area contributed by atoms with E-state index in [0.29, 0.717) is 28.4 Å². The summed E-state index contributed by atoms with van der Waals surface area (Å²) < 4.78 is 5.46. The third-order valence-corrected chi connectivity index (χ3v) is 4.79. The van der Waals surface area contributed by atoms with Gasteiger partial charge in [-0.3, -0.25) is 4.79 Å². The Labute approximate surface area is 172 Å². The van der Waals surface area contributed by atoms with Crippen LogP contribution in [0.2, 0.25) is 5.02 Å². The topological polar surface area (TPSA) is 92.9 Å².